The summed E-state index contributed by atoms with van der Waals surface area (Å²) in [6.45, 7) is 1.28. The van der Waals surface area contributed by atoms with E-state index in [4.69, 9.17) is 22.0 Å². The summed E-state index contributed by atoms with van der Waals surface area (Å²) < 4.78 is 0. The minimum Gasteiger partial charge on any atom is -0.389 e. The number of aliphatic hydroxyl groups is 1. The number of hydrogen-bond acceptors (Lipinski definition) is 3. The van der Waals surface area contributed by atoms with Gasteiger partial charge in [-0.3, -0.25) is 0 Å². The van der Waals surface area contributed by atoms with E-state index >= 15 is 0 Å². The Morgan fingerprint density at radius 2 is 2.21 bits per heavy atom. The van der Waals surface area contributed by atoms with E-state index in [0.717, 1.165) is 5.69 Å². The van der Waals surface area contributed by atoms with Crippen molar-refractivity contribution in [3.63, 3.8) is 0 Å². The fourth-order valence-corrected chi connectivity index (χ4v) is 1.67. The van der Waals surface area contributed by atoms with Crippen molar-refractivity contribution >= 4 is 17.3 Å². The van der Waals surface area contributed by atoms with E-state index < -0.39 is 0 Å². The van der Waals surface area contributed by atoms with Crippen LogP contribution in [-0.4, -0.2) is 24.3 Å². The van der Waals surface area contributed by atoms with Crippen LogP contribution >= 0.6 is 11.6 Å². The lowest BCUT2D eigenvalue weighted by atomic mass is 10.1. The van der Waals surface area contributed by atoms with Gasteiger partial charge >= 0.3 is 0 Å². The fourth-order valence-electron chi connectivity index (χ4n) is 1.46. The molecular formula is C10H9ClN2O. The first-order valence-electron chi connectivity index (χ1n) is 4.33. The van der Waals surface area contributed by atoms with Crippen LogP contribution in [0.4, 0.5) is 5.69 Å². The van der Waals surface area contributed by atoms with Crippen molar-refractivity contribution in [3.05, 3.63) is 28.8 Å². The van der Waals surface area contributed by atoms with Crippen LogP contribution in [0.25, 0.3) is 0 Å². The average Bonchev–Trinajstić information content (AvgIpc) is 2.13. The Balaban J connectivity index is 2.22. The van der Waals surface area contributed by atoms with Crippen LogP contribution in [0.3, 0.4) is 0 Å². The van der Waals surface area contributed by atoms with Gasteiger partial charge < -0.3 is 10.0 Å². The summed E-state index contributed by atoms with van der Waals surface area (Å²) in [6, 6.07) is 7.30. The molecular weight excluding hydrogens is 200 g/mol. The monoisotopic (exact) mass is 208 g/mol. The normalized spacial score (nSPS) is 16.2. The Labute approximate surface area is 87.1 Å². The van der Waals surface area contributed by atoms with E-state index in [0.29, 0.717) is 23.7 Å². The van der Waals surface area contributed by atoms with Crippen LogP contribution in [0, 0.1) is 11.3 Å². The molecule has 2 rings (SSSR count). The fraction of sp³-hybridized carbons (Fsp3) is 0.300. The molecule has 72 valence electrons. The number of aliphatic hydroxyl groups excluding tert-OH is 1. The maximum Gasteiger partial charge on any atom is 0.101 e. The third-order valence-corrected chi connectivity index (χ3v) is 2.61. The third-order valence-electron chi connectivity index (χ3n) is 2.30. The number of β-amino-alcohol motifs (C(OH)–C–C–N with tert-alkyl or cyclic N) is 1. The molecule has 1 aromatic rings. The lowest BCUT2D eigenvalue weighted by Gasteiger charge is -2.37. The maximum absolute atomic E-state index is 9.12. The van der Waals surface area contributed by atoms with Crippen LogP contribution in [-0.2, 0) is 0 Å². The molecule has 0 atom stereocenters. The summed E-state index contributed by atoms with van der Waals surface area (Å²) in [5.74, 6) is 0. The molecule has 1 aliphatic heterocycles. The summed E-state index contributed by atoms with van der Waals surface area (Å²) in [6.07, 6.45) is -0.232. The summed E-state index contributed by atoms with van der Waals surface area (Å²) in [5.41, 5.74) is 1.44. The van der Waals surface area contributed by atoms with Gasteiger partial charge in [0.2, 0.25) is 0 Å². The molecule has 0 spiro atoms. The van der Waals surface area contributed by atoms with Gasteiger partial charge in [-0.25, -0.2) is 0 Å². The lowest BCUT2D eigenvalue weighted by molar-refractivity contribution is 0.142. The smallest absolute Gasteiger partial charge is 0.101 e. The van der Waals surface area contributed by atoms with Gasteiger partial charge in [-0.05, 0) is 18.2 Å². The predicted octanol–water partition coefficient (Wildman–Crippen LogP) is 1.39. The van der Waals surface area contributed by atoms with Crippen molar-refractivity contribution in [3.8, 4) is 6.07 Å². The van der Waals surface area contributed by atoms with Crippen LogP contribution in [0.5, 0.6) is 0 Å². The number of halogens is 1. The third kappa shape index (κ3) is 1.54. The number of nitrogens with zero attached hydrogens (tertiary/aromatic N) is 2. The molecule has 1 aliphatic rings. The molecule has 0 amide bonds. The molecule has 1 fully saturated rings. The molecule has 0 saturated carbocycles. The molecule has 4 heteroatoms. The number of benzene rings is 1. The number of nitriles is 1. The molecule has 0 bridgehead atoms. The van der Waals surface area contributed by atoms with Gasteiger partial charge in [0.25, 0.3) is 0 Å². The van der Waals surface area contributed by atoms with Crippen molar-refractivity contribution in [2.45, 2.75) is 6.10 Å². The molecule has 1 N–H and O–H groups in total. The van der Waals surface area contributed by atoms with Crippen molar-refractivity contribution in [1.29, 1.82) is 5.26 Å². The van der Waals surface area contributed by atoms with Crippen LogP contribution < -0.4 is 4.90 Å². The molecule has 3 nitrogen and oxygen atoms in total. The highest BCUT2D eigenvalue weighted by Gasteiger charge is 2.24. The van der Waals surface area contributed by atoms with E-state index in [2.05, 4.69) is 0 Å². The number of hydrogen-bond donors (Lipinski definition) is 1. The van der Waals surface area contributed by atoms with Crippen molar-refractivity contribution in [1.82, 2.24) is 0 Å². The van der Waals surface area contributed by atoms with Gasteiger partial charge in [0, 0.05) is 18.8 Å². The molecule has 0 aliphatic carbocycles. The minimum atomic E-state index is -0.232. The van der Waals surface area contributed by atoms with Gasteiger partial charge in [0.1, 0.15) is 6.07 Å². The van der Waals surface area contributed by atoms with Crippen molar-refractivity contribution in [2.24, 2.45) is 0 Å². The topological polar surface area (TPSA) is 47.3 Å². The van der Waals surface area contributed by atoms with Crippen LogP contribution in [0.15, 0.2) is 18.2 Å². The minimum absolute atomic E-state index is 0.232. The zero-order chi connectivity index (χ0) is 10.1. The van der Waals surface area contributed by atoms with Crippen molar-refractivity contribution in [2.75, 3.05) is 18.0 Å². The number of anilines is 1. The highest BCUT2D eigenvalue weighted by Crippen LogP contribution is 2.26. The van der Waals surface area contributed by atoms with Gasteiger partial charge in [-0.15, -0.1) is 0 Å². The second-order valence-corrected chi connectivity index (χ2v) is 3.74. The first-order valence-corrected chi connectivity index (χ1v) is 4.71. The maximum atomic E-state index is 9.12. The van der Waals surface area contributed by atoms with Crippen molar-refractivity contribution < 1.29 is 5.11 Å². The highest BCUT2D eigenvalue weighted by molar-refractivity contribution is 6.32. The quantitative estimate of drug-likeness (QED) is 0.759. The number of rotatable bonds is 1. The largest absolute Gasteiger partial charge is 0.389 e. The highest BCUT2D eigenvalue weighted by atomic mass is 35.5. The van der Waals surface area contributed by atoms with E-state index in [1.165, 1.54) is 0 Å². The summed E-state index contributed by atoms with van der Waals surface area (Å²) in [7, 11) is 0. The Bertz CT molecular complexity index is 394. The Hall–Kier alpha value is -1.24. The molecule has 0 aromatic heterocycles. The molecule has 0 radical (unpaired) electrons. The van der Waals surface area contributed by atoms with Gasteiger partial charge in [-0.2, -0.15) is 5.26 Å². The summed E-state index contributed by atoms with van der Waals surface area (Å²) >= 11 is 5.88. The molecule has 0 unspecified atom stereocenters. The van der Waals surface area contributed by atoms with E-state index in [9.17, 15) is 0 Å². The lowest BCUT2D eigenvalue weighted by Crippen LogP contribution is -2.50. The Morgan fingerprint density at radius 3 is 2.71 bits per heavy atom. The Morgan fingerprint density at radius 1 is 1.50 bits per heavy atom. The molecule has 1 heterocycles. The SMILES string of the molecule is N#Cc1ccc(N2CC(O)C2)cc1Cl. The molecule has 14 heavy (non-hydrogen) atoms. The van der Waals surface area contributed by atoms with Gasteiger partial charge in [0.15, 0.2) is 0 Å². The van der Waals surface area contributed by atoms with Crippen LogP contribution in [0.2, 0.25) is 5.02 Å². The second-order valence-electron chi connectivity index (χ2n) is 3.33. The van der Waals surface area contributed by atoms with E-state index in [1.54, 1.807) is 12.1 Å². The standard InChI is InChI=1S/C10H9ClN2O/c11-10-3-8(2-1-7(10)4-12)13-5-9(14)6-13/h1-3,9,14H,5-6H2. The molecule has 1 aromatic carbocycles. The summed E-state index contributed by atoms with van der Waals surface area (Å²) in [5, 5.41) is 18.3. The van der Waals surface area contributed by atoms with E-state index in [-0.39, 0.29) is 6.10 Å². The van der Waals surface area contributed by atoms with Gasteiger partial charge in [-0.1, -0.05) is 11.6 Å². The first-order chi connectivity index (χ1) is 6.70. The van der Waals surface area contributed by atoms with Crippen LogP contribution in [0.1, 0.15) is 5.56 Å². The first kappa shape index (κ1) is 9.32. The summed E-state index contributed by atoms with van der Waals surface area (Å²) in [4.78, 5) is 2.01. The average molecular weight is 209 g/mol. The zero-order valence-electron chi connectivity index (χ0n) is 7.44. The van der Waals surface area contributed by atoms with E-state index in [1.807, 2.05) is 17.0 Å². The second kappa shape index (κ2) is 3.49. The zero-order valence-corrected chi connectivity index (χ0v) is 8.20. The van der Waals surface area contributed by atoms with Gasteiger partial charge in [0.05, 0.1) is 16.7 Å². The predicted molar refractivity (Wildman–Crippen MR) is 54.4 cm³/mol. The molecule has 1 saturated heterocycles. The Kier molecular flexibility index (Phi) is 2.32.